The van der Waals surface area contributed by atoms with Gasteiger partial charge in [0.1, 0.15) is 34.9 Å². The number of anilines is 1. The van der Waals surface area contributed by atoms with Crippen LogP contribution in [0, 0.1) is 0 Å². The number of nitrogen functional groups attached to an aromatic ring is 1. The first-order valence-corrected chi connectivity index (χ1v) is 13.1. The number of carbonyl (C=O) groups excluding carboxylic acids is 2. The Morgan fingerprint density at radius 3 is 2.97 bits per heavy atom. The molecule has 3 aromatic rings. The summed E-state index contributed by atoms with van der Waals surface area (Å²) in [6.07, 6.45) is 1.62. The maximum Gasteiger partial charge on any atom is 0.352 e. The first-order valence-electron chi connectivity index (χ1n) is 10.3. The highest BCUT2D eigenvalue weighted by Gasteiger charge is 2.54. The van der Waals surface area contributed by atoms with Gasteiger partial charge in [0.15, 0.2) is 16.5 Å². The van der Waals surface area contributed by atoms with Crippen LogP contribution in [-0.4, -0.2) is 88.0 Å². The molecule has 4 N–H and O–H groups in total. The number of rotatable bonds is 8. The summed E-state index contributed by atoms with van der Waals surface area (Å²) in [4.78, 5) is 47.8. The predicted octanol–water partition coefficient (Wildman–Crippen LogP) is -0.0469. The molecule has 2 atom stereocenters. The Bertz CT molecular complexity index is 1500. The Labute approximate surface area is 219 Å². The highest BCUT2D eigenvalue weighted by atomic mass is 32.2. The van der Waals surface area contributed by atoms with Crippen LogP contribution in [0.15, 0.2) is 50.4 Å². The third-order valence-electron chi connectivity index (χ3n) is 5.15. The molecule has 18 heteroatoms. The van der Waals surface area contributed by atoms with E-state index in [1.54, 1.807) is 23.6 Å². The number of amides is 2. The van der Waals surface area contributed by atoms with E-state index in [1.807, 2.05) is 0 Å². The maximum atomic E-state index is 12.9. The molecule has 2 amide bonds. The third kappa shape index (κ3) is 4.72. The van der Waals surface area contributed by atoms with E-state index in [2.05, 4.69) is 36.1 Å². The summed E-state index contributed by atoms with van der Waals surface area (Å²) < 4.78 is 1.28. The van der Waals surface area contributed by atoms with Crippen LogP contribution in [0.25, 0.3) is 5.65 Å². The molecule has 37 heavy (non-hydrogen) atoms. The van der Waals surface area contributed by atoms with Gasteiger partial charge in [-0.15, -0.1) is 37.9 Å². The number of thioether (sulfide) groups is 2. The van der Waals surface area contributed by atoms with Gasteiger partial charge in [-0.05, 0) is 39.6 Å². The molecule has 5 heterocycles. The molecular formula is C19H16N10O5S3. The van der Waals surface area contributed by atoms with Crippen molar-refractivity contribution >= 4 is 69.1 Å². The summed E-state index contributed by atoms with van der Waals surface area (Å²) in [6.45, 7) is 0. The van der Waals surface area contributed by atoms with Gasteiger partial charge >= 0.3 is 5.97 Å². The number of carboxylic acid groups (broad SMARTS) is 1. The Balaban J connectivity index is 1.30. The second-order valence-electron chi connectivity index (χ2n) is 7.35. The summed E-state index contributed by atoms with van der Waals surface area (Å²) in [5.41, 5.74) is 6.49. The Hall–Kier alpha value is -4.03. The molecule has 0 unspecified atom stereocenters. The molecule has 1 saturated heterocycles. The normalized spacial score (nSPS) is 19.8. The van der Waals surface area contributed by atoms with E-state index in [0.29, 0.717) is 22.0 Å². The van der Waals surface area contributed by atoms with Crippen LogP contribution in [-0.2, 0) is 19.2 Å². The van der Waals surface area contributed by atoms with Gasteiger partial charge in [0.2, 0.25) is 0 Å². The molecule has 0 aromatic carbocycles. The first-order chi connectivity index (χ1) is 17.9. The average Bonchev–Trinajstić information content (AvgIpc) is 3.53. The molecule has 1 fully saturated rings. The first kappa shape index (κ1) is 24.7. The van der Waals surface area contributed by atoms with Crippen molar-refractivity contribution in [3.63, 3.8) is 0 Å². The van der Waals surface area contributed by atoms with Crippen LogP contribution < -0.4 is 11.1 Å². The minimum Gasteiger partial charge on any atom is -0.477 e. The average molecular weight is 561 g/mol. The van der Waals surface area contributed by atoms with Gasteiger partial charge in [-0.1, -0.05) is 16.9 Å². The number of aliphatic carboxylic acids is 1. The van der Waals surface area contributed by atoms with Crippen LogP contribution in [0.4, 0.5) is 5.13 Å². The third-order valence-corrected chi connectivity index (χ3v) is 7.86. The van der Waals surface area contributed by atoms with Crippen LogP contribution in [0.1, 0.15) is 5.69 Å². The number of aromatic nitrogens is 6. The van der Waals surface area contributed by atoms with Crippen molar-refractivity contribution in [2.24, 2.45) is 5.16 Å². The zero-order valence-corrected chi connectivity index (χ0v) is 21.2. The molecule has 15 nitrogen and oxygen atoms in total. The highest BCUT2D eigenvalue weighted by Crippen LogP contribution is 2.41. The topological polar surface area (TPSA) is 203 Å². The lowest BCUT2D eigenvalue weighted by atomic mass is 10.0. The monoisotopic (exact) mass is 560 g/mol. The zero-order valence-electron chi connectivity index (χ0n) is 18.7. The van der Waals surface area contributed by atoms with Crippen molar-refractivity contribution in [1.82, 2.24) is 40.5 Å². The summed E-state index contributed by atoms with van der Waals surface area (Å²) >= 11 is 3.69. The van der Waals surface area contributed by atoms with Gasteiger partial charge < -0.3 is 21.0 Å². The molecular weight excluding hydrogens is 544 g/mol. The number of allylic oxidation sites excluding steroid dienone is 1. The summed E-state index contributed by atoms with van der Waals surface area (Å²) in [5, 5.41) is 34.9. The molecule has 3 aromatic heterocycles. The molecule has 2 aliphatic heterocycles. The van der Waals surface area contributed by atoms with Gasteiger partial charge in [0, 0.05) is 11.1 Å². The number of carbonyl (C=O) groups is 3. The molecule has 0 radical (unpaired) electrons. The number of β-lactam (4-membered cyclic amide) rings is 1. The van der Waals surface area contributed by atoms with Crippen molar-refractivity contribution in [2.75, 3.05) is 18.6 Å². The van der Waals surface area contributed by atoms with Crippen molar-refractivity contribution < 1.29 is 24.3 Å². The van der Waals surface area contributed by atoms with Gasteiger partial charge in [-0.3, -0.25) is 14.5 Å². The summed E-state index contributed by atoms with van der Waals surface area (Å²) in [5.74, 6) is -2.19. The van der Waals surface area contributed by atoms with Gasteiger partial charge in [-0.25, -0.2) is 9.78 Å². The predicted molar refractivity (Wildman–Crippen MR) is 133 cm³/mol. The zero-order chi connectivity index (χ0) is 26.1. The quantitative estimate of drug-likeness (QED) is 0.143. The van der Waals surface area contributed by atoms with Crippen molar-refractivity contribution in [2.45, 2.75) is 16.4 Å². The molecule has 0 bridgehead atoms. The van der Waals surface area contributed by atoms with Crippen LogP contribution in [0.2, 0.25) is 0 Å². The minimum absolute atomic E-state index is 0.141. The standard InChI is InChI=1S/C19H16N10O5S3/c1-34-25-12(9-7-37-19(20)21-9)15(30)22-13-16(31)28-14(18(32)33)8(6-36-17(13)28)4-5-35-11-3-2-10-23-26-27-29(10)24-11/h2-5,7,13,17H,6H2,1H3,(H2,20,21)(H,22,30)(H,32,33)/b5-4+,25-12?/t13-,17-/m1/s1. The van der Waals surface area contributed by atoms with E-state index in [4.69, 9.17) is 10.6 Å². The number of carboxylic acids is 1. The van der Waals surface area contributed by atoms with E-state index in [-0.39, 0.29) is 22.2 Å². The second-order valence-corrected chi connectivity index (χ2v) is 10.3. The smallest absolute Gasteiger partial charge is 0.352 e. The number of fused-ring (bicyclic) bond motifs is 2. The Morgan fingerprint density at radius 2 is 2.24 bits per heavy atom. The summed E-state index contributed by atoms with van der Waals surface area (Å²) in [6, 6.07) is 2.48. The molecule has 5 rings (SSSR count). The Morgan fingerprint density at radius 1 is 1.41 bits per heavy atom. The SMILES string of the molecule is CON=C(C(=O)N[C@@H]1C(=O)N2C(C(=O)O)=C(/C=C/Sc3ccc4nnnn4n3)CS[C@H]12)c1csc(N)n1. The van der Waals surface area contributed by atoms with Crippen LogP contribution >= 0.6 is 34.9 Å². The fraction of sp³-hybridized carbons (Fsp3) is 0.211. The lowest BCUT2D eigenvalue weighted by Crippen LogP contribution is -2.71. The van der Waals surface area contributed by atoms with E-state index < -0.39 is 29.2 Å². The van der Waals surface area contributed by atoms with Gasteiger partial charge in [-0.2, -0.15) is 0 Å². The number of nitrogens with one attached hydrogen (secondary N) is 1. The Kier molecular flexibility index (Phi) is 6.76. The number of hydrogen-bond donors (Lipinski definition) is 3. The van der Waals surface area contributed by atoms with E-state index in [0.717, 1.165) is 11.3 Å². The molecule has 190 valence electrons. The van der Waals surface area contributed by atoms with Crippen LogP contribution in [0.3, 0.4) is 0 Å². The fourth-order valence-electron chi connectivity index (χ4n) is 3.55. The van der Waals surface area contributed by atoms with E-state index in [1.165, 1.54) is 45.5 Å². The lowest BCUT2D eigenvalue weighted by molar-refractivity contribution is -0.150. The van der Waals surface area contributed by atoms with E-state index >= 15 is 0 Å². The molecule has 0 aliphatic carbocycles. The lowest BCUT2D eigenvalue weighted by Gasteiger charge is -2.49. The van der Waals surface area contributed by atoms with Crippen molar-refractivity contribution in [3.8, 4) is 0 Å². The molecule has 2 aliphatic rings. The fourth-order valence-corrected chi connectivity index (χ4v) is 6.06. The van der Waals surface area contributed by atoms with Gasteiger partial charge in [0.05, 0.1) is 0 Å². The molecule has 0 saturated carbocycles. The second kappa shape index (κ2) is 10.1. The van der Waals surface area contributed by atoms with Crippen molar-refractivity contribution in [3.05, 3.63) is 46.0 Å². The van der Waals surface area contributed by atoms with E-state index in [9.17, 15) is 19.5 Å². The number of hydrogen-bond acceptors (Lipinski definition) is 14. The molecule has 0 spiro atoms. The minimum atomic E-state index is -1.25. The largest absolute Gasteiger partial charge is 0.477 e. The van der Waals surface area contributed by atoms with Gasteiger partial charge in [0.25, 0.3) is 11.8 Å². The number of nitrogens with zero attached hydrogens (tertiary/aromatic N) is 8. The van der Waals surface area contributed by atoms with Crippen LogP contribution in [0.5, 0.6) is 0 Å². The number of thiazole rings is 1. The number of nitrogens with two attached hydrogens (primary N) is 1. The van der Waals surface area contributed by atoms with Crippen molar-refractivity contribution in [1.29, 1.82) is 0 Å². The summed E-state index contributed by atoms with van der Waals surface area (Å²) in [7, 11) is 1.27. The number of oxime groups is 1. The maximum absolute atomic E-state index is 12.9. The number of tetrazole rings is 1. The highest BCUT2D eigenvalue weighted by molar-refractivity contribution is 8.02.